The van der Waals surface area contributed by atoms with Crippen LogP contribution in [0.2, 0.25) is 0 Å². The van der Waals surface area contributed by atoms with Gasteiger partial charge in [0.1, 0.15) is 0 Å². The lowest BCUT2D eigenvalue weighted by Crippen LogP contribution is -2.43. The predicted octanol–water partition coefficient (Wildman–Crippen LogP) is 2.49. The molecule has 2 aromatic rings. The van der Waals surface area contributed by atoms with E-state index in [1.165, 1.54) is 16.6 Å². The van der Waals surface area contributed by atoms with E-state index in [2.05, 4.69) is 41.0 Å². The number of carbonyl (C=O) groups is 1. The summed E-state index contributed by atoms with van der Waals surface area (Å²) in [6.07, 6.45) is 2.82. The summed E-state index contributed by atoms with van der Waals surface area (Å²) in [5.74, 6) is -0.644. The van der Waals surface area contributed by atoms with Gasteiger partial charge in [-0.05, 0) is 37.3 Å². The summed E-state index contributed by atoms with van der Waals surface area (Å²) in [6.45, 7) is 2.10. The van der Waals surface area contributed by atoms with E-state index in [0.717, 1.165) is 24.8 Å². The van der Waals surface area contributed by atoms with Gasteiger partial charge in [-0.3, -0.25) is 10.2 Å². The van der Waals surface area contributed by atoms with Gasteiger partial charge in [-0.25, -0.2) is 5.43 Å². The number of benzene rings is 1. The predicted molar refractivity (Wildman–Crippen MR) is 84.3 cm³/mol. The molecule has 4 unspecified atom stereocenters. The Hall–Kier alpha value is -1.85. The van der Waals surface area contributed by atoms with Crippen LogP contribution in [0, 0.1) is 18.8 Å². The molecule has 5 heteroatoms. The highest BCUT2D eigenvalue weighted by Gasteiger charge is 2.46. The van der Waals surface area contributed by atoms with E-state index in [1.807, 2.05) is 6.07 Å². The van der Waals surface area contributed by atoms with Crippen molar-refractivity contribution >= 4 is 16.9 Å². The number of carboxylic acid groups (broad SMARTS) is 1. The van der Waals surface area contributed by atoms with Crippen LogP contribution in [0.5, 0.6) is 0 Å². The maximum absolute atomic E-state index is 11.5. The van der Waals surface area contributed by atoms with Gasteiger partial charge in [0, 0.05) is 22.6 Å². The van der Waals surface area contributed by atoms with Crippen molar-refractivity contribution in [1.82, 2.24) is 15.8 Å². The summed E-state index contributed by atoms with van der Waals surface area (Å²) in [6, 6.07) is 8.51. The fourth-order valence-electron chi connectivity index (χ4n) is 4.37. The number of nitrogens with one attached hydrogen (secondary N) is 3. The Balaban J connectivity index is 1.74. The summed E-state index contributed by atoms with van der Waals surface area (Å²) >= 11 is 0. The highest BCUT2D eigenvalue weighted by Crippen LogP contribution is 2.43. The van der Waals surface area contributed by atoms with E-state index in [4.69, 9.17) is 0 Å². The minimum atomic E-state index is -0.680. The topological polar surface area (TPSA) is 77.2 Å². The Kier molecular flexibility index (Phi) is 3.20. The number of H-pyrrole nitrogens is 1. The summed E-state index contributed by atoms with van der Waals surface area (Å²) in [5.41, 5.74) is 10.3. The Bertz CT molecular complexity index is 724. The van der Waals surface area contributed by atoms with E-state index >= 15 is 0 Å². The maximum atomic E-state index is 11.5. The number of aromatic nitrogens is 1. The molecule has 5 nitrogen and oxygen atoms in total. The lowest BCUT2D eigenvalue weighted by Gasteiger charge is -2.32. The molecule has 2 fully saturated rings. The number of aliphatic carboxylic acids is 1. The van der Waals surface area contributed by atoms with Crippen molar-refractivity contribution in [2.75, 3.05) is 0 Å². The van der Waals surface area contributed by atoms with Gasteiger partial charge < -0.3 is 10.1 Å². The maximum Gasteiger partial charge on any atom is 0.308 e. The second kappa shape index (κ2) is 5.11. The molecule has 1 aromatic carbocycles. The van der Waals surface area contributed by atoms with Gasteiger partial charge in [0.15, 0.2) is 0 Å². The summed E-state index contributed by atoms with van der Waals surface area (Å²) in [4.78, 5) is 14.9. The average molecular weight is 299 g/mol. The van der Waals surface area contributed by atoms with Crippen molar-refractivity contribution in [3.8, 4) is 0 Å². The monoisotopic (exact) mass is 299 g/mol. The average Bonchev–Trinajstić information content (AvgIpc) is 3.06. The summed E-state index contributed by atoms with van der Waals surface area (Å²) in [7, 11) is 0. The molecular weight excluding hydrogens is 278 g/mol. The zero-order chi connectivity index (χ0) is 15.3. The Labute approximate surface area is 129 Å². The molecule has 4 N–H and O–H groups in total. The largest absolute Gasteiger partial charge is 0.481 e. The fourth-order valence-corrected chi connectivity index (χ4v) is 4.37. The summed E-state index contributed by atoms with van der Waals surface area (Å²) in [5, 5.41) is 10.7. The lowest BCUT2D eigenvalue weighted by atomic mass is 9.73. The van der Waals surface area contributed by atoms with Crippen molar-refractivity contribution in [2.24, 2.45) is 11.8 Å². The number of fused-ring (bicyclic) bond motifs is 2. The van der Waals surface area contributed by atoms with Gasteiger partial charge in [-0.2, -0.15) is 0 Å². The zero-order valence-electron chi connectivity index (χ0n) is 12.6. The number of carboxylic acids is 1. The first-order valence-corrected chi connectivity index (χ1v) is 7.98. The third-order valence-corrected chi connectivity index (χ3v) is 5.35. The quantitative estimate of drug-likeness (QED) is 0.687. The molecule has 0 bridgehead atoms. The van der Waals surface area contributed by atoms with Gasteiger partial charge in [0.25, 0.3) is 0 Å². The zero-order valence-corrected chi connectivity index (χ0v) is 12.6. The second-order valence-corrected chi connectivity index (χ2v) is 6.54. The van der Waals surface area contributed by atoms with Crippen LogP contribution in [-0.4, -0.2) is 22.1 Å². The van der Waals surface area contributed by atoms with Crippen LogP contribution < -0.4 is 10.9 Å². The Morgan fingerprint density at radius 2 is 2.05 bits per heavy atom. The third kappa shape index (κ3) is 1.96. The number of rotatable bonds is 2. The number of hydrogen-bond acceptors (Lipinski definition) is 3. The van der Waals surface area contributed by atoms with Crippen LogP contribution in [0.3, 0.4) is 0 Å². The van der Waals surface area contributed by atoms with Gasteiger partial charge in [-0.15, -0.1) is 0 Å². The first-order chi connectivity index (χ1) is 10.7. The minimum Gasteiger partial charge on any atom is -0.481 e. The first kappa shape index (κ1) is 13.8. The molecule has 1 aliphatic heterocycles. The van der Waals surface area contributed by atoms with E-state index < -0.39 is 5.97 Å². The van der Waals surface area contributed by atoms with Gasteiger partial charge in [-0.1, -0.05) is 24.6 Å². The van der Waals surface area contributed by atoms with Gasteiger partial charge in [0.2, 0.25) is 0 Å². The Morgan fingerprint density at radius 3 is 2.86 bits per heavy atom. The van der Waals surface area contributed by atoms with Gasteiger partial charge >= 0.3 is 5.97 Å². The lowest BCUT2D eigenvalue weighted by molar-refractivity contribution is -0.144. The van der Waals surface area contributed by atoms with Crippen molar-refractivity contribution in [1.29, 1.82) is 0 Å². The SMILES string of the molecule is Cc1[nH]c2ccccc2c1C1NNC2C(C(=O)O)CCCC12. The molecule has 1 aromatic heterocycles. The van der Waals surface area contributed by atoms with E-state index in [1.54, 1.807) is 0 Å². The first-order valence-electron chi connectivity index (χ1n) is 7.98. The smallest absolute Gasteiger partial charge is 0.308 e. The normalized spacial score (nSPS) is 31.3. The van der Waals surface area contributed by atoms with Crippen LogP contribution in [0.15, 0.2) is 24.3 Å². The minimum absolute atomic E-state index is 0.0179. The van der Waals surface area contributed by atoms with E-state index in [-0.39, 0.29) is 18.0 Å². The van der Waals surface area contributed by atoms with E-state index in [0.29, 0.717) is 5.92 Å². The van der Waals surface area contributed by atoms with Crippen molar-refractivity contribution in [3.63, 3.8) is 0 Å². The number of aryl methyl sites for hydroxylation is 1. The summed E-state index contributed by atoms with van der Waals surface area (Å²) < 4.78 is 0. The molecule has 2 aliphatic rings. The van der Waals surface area contributed by atoms with Crippen LogP contribution in [0.4, 0.5) is 0 Å². The molecule has 1 saturated carbocycles. The molecule has 116 valence electrons. The van der Waals surface area contributed by atoms with Crippen LogP contribution in [0.25, 0.3) is 10.9 Å². The van der Waals surface area contributed by atoms with Crippen molar-refractivity contribution in [2.45, 2.75) is 38.3 Å². The fraction of sp³-hybridized carbons (Fsp3) is 0.471. The van der Waals surface area contributed by atoms with Crippen LogP contribution in [0.1, 0.15) is 36.6 Å². The number of para-hydroxylation sites is 1. The van der Waals surface area contributed by atoms with Crippen LogP contribution >= 0.6 is 0 Å². The van der Waals surface area contributed by atoms with E-state index in [9.17, 15) is 9.90 Å². The van der Waals surface area contributed by atoms with Gasteiger partial charge in [0.05, 0.1) is 12.0 Å². The molecule has 4 atom stereocenters. The molecule has 0 radical (unpaired) electrons. The highest BCUT2D eigenvalue weighted by atomic mass is 16.4. The molecule has 0 amide bonds. The number of aromatic amines is 1. The van der Waals surface area contributed by atoms with Crippen molar-refractivity contribution in [3.05, 3.63) is 35.5 Å². The van der Waals surface area contributed by atoms with Crippen LogP contribution in [-0.2, 0) is 4.79 Å². The molecular formula is C17H21N3O2. The third-order valence-electron chi connectivity index (χ3n) is 5.35. The molecule has 4 rings (SSSR count). The van der Waals surface area contributed by atoms with Crippen molar-refractivity contribution < 1.29 is 9.90 Å². The Morgan fingerprint density at radius 1 is 1.23 bits per heavy atom. The standard InChI is InChI=1S/C17H21N3O2/c1-9-14(10-5-2-3-8-13(10)18-9)16-11-6-4-7-12(17(21)22)15(11)19-20-16/h2-3,5,8,11-12,15-16,18-20H,4,6-7H2,1H3,(H,21,22). The number of hydrogen-bond donors (Lipinski definition) is 4. The molecule has 22 heavy (non-hydrogen) atoms. The number of hydrazine groups is 1. The molecule has 1 aliphatic carbocycles. The molecule has 0 spiro atoms. The molecule has 2 heterocycles. The molecule has 1 saturated heterocycles. The second-order valence-electron chi connectivity index (χ2n) is 6.54. The highest BCUT2D eigenvalue weighted by molar-refractivity contribution is 5.85.